The summed E-state index contributed by atoms with van der Waals surface area (Å²) in [7, 11) is 1.47. The number of amides is 1. The van der Waals surface area contributed by atoms with Crippen LogP contribution in [0.25, 0.3) is 0 Å². The van der Waals surface area contributed by atoms with Crippen molar-refractivity contribution in [2.45, 2.75) is 19.6 Å². The van der Waals surface area contributed by atoms with Gasteiger partial charge in [-0.05, 0) is 78.7 Å². The zero-order valence-electron chi connectivity index (χ0n) is 21.9. The van der Waals surface area contributed by atoms with Crippen molar-refractivity contribution in [3.63, 3.8) is 0 Å². The Morgan fingerprint density at radius 3 is 2.38 bits per heavy atom. The SMILES string of the molecule is COc1cc(C=NNC(=O)C(C)Oc2ccc(OCc3ccccc3)cc2)ccc1OC(=O)c1cccc(Br)c1. The van der Waals surface area contributed by atoms with E-state index in [1.807, 2.05) is 36.4 Å². The number of methoxy groups -OCH3 is 1. The van der Waals surface area contributed by atoms with Crippen LogP contribution < -0.4 is 24.4 Å². The minimum Gasteiger partial charge on any atom is -0.493 e. The number of benzene rings is 4. The Hall–Kier alpha value is -4.63. The summed E-state index contributed by atoms with van der Waals surface area (Å²) in [6.07, 6.45) is 0.661. The molecule has 9 heteroatoms. The highest BCUT2D eigenvalue weighted by molar-refractivity contribution is 9.10. The van der Waals surface area contributed by atoms with E-state index in [9.17, 15) is 9.59 Å². The summed E-state index contributed by atoms with van der Waals surface area (Å²) in [6, 6.07) is 28.7. The van der Waals surface area contributed by atoms with Gasteiger partial charge in [-0.2, -0.15) is 5.10 Å². The van der Waals surface area contributed by atoms with Gasteiger partial charge in [0.1, 0.15) is 18.1 Å². The maximum Gasteiger partial charge on any atom is 0.343 e. The van der Waals surface area contributed by atoms with Crippen LogP contribution in [0.2, 0.25) is 0 Å². The number of carbonyl (C=O) groups is 2. The first-order valence-electron chi connectivity index (χ1n) is 12.3. The number of hydrogen-bond donors (Lipinski definition) is 1. The molecule has 0 aliphatic rings. The number of nitrogens with one attached hydrogen (secondary N) is 1. The van der Waals surface area contributed by atoms with Crippen LogP contribution in [0.5, 0.6) is 23.0 Å². The second-order valence-corrected chi connectivity index (χ2v) is 9.47. The average molecular weight is 603 g/mol. The molecule has 40 heavy (non-hydrogen) atoms. The number of esters is 1. The van der Waals surface area contributed by atoms with E-state index in [0.717, 1.165) is 10.0 Å². The first-order chi connectivity index (χ1) is 19.4. The lowest BCUT2D eigenvalue weighted by Gasteiger charge is -2.13. The third-order valence-corrected chi connectivity index (χ3v) is 6.09. The predicted molar refractivity (Wildman–Crippen MR) is 155 cm³/mol. The Morgan fingerprint density at radius 1 is 0.900 bits per heavy atom. The Morgan fingerprint density at radius 2 is 1.65 bits per heavy atom. The summed E-state index contributed by atoms with van der Waals surface area (Å²) in [5.41, 5.74) is 4.56. The fourth-order valence-electron chi connectivity index (χ4n) is 3.50. The minimum atomic E-state index is -0.789. The molecular weight excluding hydrogens is 576 g/mol. The maximum absolute atomic E-state index is 12.5. The fraction of sp³-hybridized carbons (Fsp3) is 0.129. The number of nitrogens with zero attached hydrogens (tertiary/aromatic N) is 1. The van der Waals surface area contributed by atoms with Gasteiger partial charge in [-0.25, -0.2) is 10.2 Å². The monoisotopic (exact) mass is 602 g/mol. The molecule has 1 N–H and O–H groups in total. The summed E-state index contributed by atoms with van der Waals surface area (Å²) in [5.74, 6) is 0.876. The van der Waals surface area contributed by atoms with Crippen LogP contribution >= 0.6 is 15.9 Å². The van der Waals surface area contributed by atoms with Crippen molar-refractivity contribution in [1.82, 2.24) is 5.43 Å². The van der Waals surface area contributed by atoms with Gasteiger partial charge in [0.2, 0.25) is 0 Å². The van der Waals surface area contributed by atoms with Crippen molar-refractivity contribution in [3.05, 3.63) is 118 Å². The molecule has 0 aromatic heterocycles. The second kappa shape index (κ2) is 14.0. The van der Waals surface area contributed by atoms with Gasteiger partial charge in [-0.1, -0.05) is 52.3 Å². The van der Waals surface area contributed by atoms with E-state index in [1.165, 1.54) is 13.3 Å². The molecular formula is C31H27BrN2O6. The Balaban J connectivity index is 1.27. The molecule has 1 amide bonds. The molecule has 0 spiro atoms. The van der Waals surface area contributed by atoms with Crippen LogP contribution in [0, 0.1) is 0 Å². The summed E-state index contributed by atoms with van der Waals surface area (Å²) in [6.45, 7) is 2.09. The van der Waals surface area contributed by atoms with Crippen LogP contribution in [-0.2, 0) is 11.4 Å². The molecule has 4 aromatic carbocycles. The van der Waals surface area contributed by atoms with Gasteiger partial charge >= 0.3 is 5.97 Å². The van der Waals surface area contributed by atoms with Gasteiger partial charge in [0, 0.05) is 4.47 Å². The van der Waals surface area contributed by atoms with E-state index < -0.39 is 18.0 Å². The van der Waals surface area contributed by atoms with Gasteiger partial charge in [-0.3, -0.25) is 4.79 Å². The lowest BCUT2D eigenvalue weighted by atomic mass is 10.2. The van der Waals surface area contributed by atoms with Gasteiger partial charge < -0.3 is 18.9 Å². The standard InChI is InChI=1S/C31H27BrN2O6/c1-21(39-27-14-12-26(13-15-27)38-20-22-7-4-3-5-8-22)30(35)34-33-19-23-11-16-28(29(17-23)37-2)40-31(36)24-9-6-10-25(32)18-24/h3-19,21H,20H2,1-2H3,(H,34,35). The van der Waals surface area contributed by atoms with Crippen LogP contribution in [0.3, 0.4) is 0 Å². The lowest BCUT2D eigenvalue weighted by molar-refractivity contribution is -0.127. The Kier molecular flexibility index (Phi) is 9.90. The van der Waals surface area contributed by atoms with Gasteiger partial charge in [0.25, 0.3) is 5.91 Å². The lowest BCUT2D eigenvalue weighted by Crippen LogP contribution is -2.33. The number of hydrogen-bond acceptors (Lipinski definition) is 7. The summed E-state index contributed by atoms with van der Waals surface area (Å²) < 4.78 is 23.1. The van der Waals surface area contributed by atoms with E-state index in [2.05, 4.69) is 26.5 Å². The predicted octanol–water partition coefficient (Wildman–Crippen LogP) is 6.17. The highest BCUT2D eigenvalue weighted by atomic mass is 79.9. The summed E-state index contributed by atoms with van der Waals surface area (Å²) in [5, 5.41) is 4.00. The van der Waals surface area contributed by atoms with Crippen LogP contribution in [-0.4, -0.2) is 31.3 Å². The van der Waals surface area contributed by atoms with Crippen molar-refractivity contribution in [2.24, 2.45) is 5.10 Å². The molecule has 0 aliphatic heterocycles. The van der Waals surface area contributed by atoms with E-state index in [1.54, 1.807) is 67.6 Å². The van der Waals surface area contributed by atoms with Crippen LogP contribution in [0.4, 0.5) is 0 Å². The smallest absolute Gasteiger partial charge is 0.343 e. The zero-order chi connectivity index (χ0) is 28.3. The molecule has 8 nitrogen and oxygen atoms in total. The highest BCUT2D eigenvalue weighted by Crippen LogP contribution is 2.28. The van der Waals surface area contributed by atoms with Crippen molar-refractivity contribution in [3.8, 4) is 23.0 Å². The molecule has 0 saturated heterocycles. The van der Waals surface area contributed by atoms with Crippen molar-refractivity contribution < 1.29 is 28.5 Å². The van der Waals surface area contributed by atoms with Crippen LogP contribution in [0.1, 0.15) is 28.4 Å². The third-order valence-electron chi connectivity index (χ3n) is 5.59. The fourth-order valence-corrected chi connectivity index (χ4v) is 3.90. The molecule has 0 saturated carbocycles. The Bertz CT molecular complexity index is 1480. The van der Waals surface area contributed by atoms with E-state index in [4.69, 9.17) is 18.9 Å². The number of hydrazone groups is 1. The number of halogens is 1. The van der Waals surface area contributed by atoms with E-state index in [-0.39, 0.29) is 5.75 Å². The average Bonchev–Trinajstić information content (AvgIpc) is 2.97. The first-order valence-corrected chi connectivity index (χ1v) is 13.1. The molecule has 4 rings (SSSR count). The highest BCUT2D eigenvalue weighted by Gasteiger charge is 2.15. The van der Waals surface area contributed by atoms with Gasteiger partial charge in [0.05, 0.1) is 18.9 Å². The van der Waals surface area contributed by atoms with Gasteiger partial charge in [0.15, 0.2) is 17.6 Å². The second-order valence-electron chi connectivity index (χ2n) is 8.55. The molecule has 0 heterocycles. The van der Waals surface area contributed by atoms with E-state index in [0.29, 0.717) is 35.0 Å². The van der Waals surface area contributed by atoms with Crippen molar-refractivity contribution >= 4 is 34.0 Å². The van der Waals surface area contributed by atoms with Gasteiger partial charge in [-0.15, -0.1) is 0 Å². The third kappa shape index (κ3) is 8.18. The van der Waals surface area contributed by atoms with Crippen molar-refractivity contribution in [1.29, 1.82) is 0 Å². The topological polar surface area (TPSA) is 95.5 Å². The number of carbonyl (C=O) groups excluding carboxylic acids is 2. The largest absolute Gasteiger partial charge is 0.493 e. The van der Waals surface area contributed by atoms with E-state index >= 15 is 0 Å². The summed E-state index contributed by atoms with van der Waals surface area (Å²) >= 11 is 3.34. The van der Waals surface area contributed by atoms with Crippen LogP contribution in [0.15, 0.2) is 107 Å². The Labute approximate surface area is 240 Å². The number of rotatable bonds is 11. The molecule has 204 valence electrons. The minimum absolute atomic E-state index is 0.257. The molecule has 1 atom stereocenters. The first kappa shape index (κ1) is 28.4. The van der Waals surface area contributed by atoms with Crippen molar-refractivity contribution in [2.75, 3.05) is 7.11 Å². The molecule has 0 aliphatic carbocycles. The molecule has 0 radical (unpaired) electrons. The number of ether oxygens (including phenoxy) is 4. The zero-order valence-corrected chi connectivity index (χ0v) is 23.5. The normalized spacial score (nSPS) is 11.5. The molecule has 0 fully saturated rings. The summed E-state index contributed by atoms with van der Waals surface area (Å²) in [4.78, 5) is 24.9. The molecule has 0 bridgehead atoms. The molecule has 1 unspecified atom stereocenters. The quantitative estimate of drug-likeness (QED) is 0.0954. The maximum atomic E-state index is 12.5. The molecule has 4 aromatic rings.